The van der Waals surface area contributed by atoms with Crippen LogP contribution in [0.15, 0.2) is 24.3 Å². The summed E-state index contributed by atoms with van der Waals surface area (Å²) in [6, 6.07) is 7.98. The van der Waals surface area contributed by atoms with Crippen LogP contribution in [-0.4, -0.2) is 47.4 Å². The number of benzene rings is 1. The molecule has 7 heteroatoms. The van der Waals surface area contributed by atoms with Gasteiger partial charge < -0.3 is 16.0 Å². The van der Waals surface area contributed by atoms with Gasteiger partial charge in [0.05, 0.1) is 21.1 Å². The number of hydrogen-bond donors (Lipinski definition) is 2. The predicted molar refractivity (Wildman–Crippen MR) is 99.3 cm³/mol. The summed E-state index contributed by atoms with van der Waals surface area (Å²) < 4.78 is 1.17. The molecule has 1 aliphatic heterocycles. The molecule has 3 N–H and O–H groups in total. The molecule has 1 fully saturated rings. The van der Waals surface area contributed by atoms with E-state index in [0.717, 1.165) is 23.4 Å². The van der Waals surface area contributed by atoms with Gasteiger partial charge >= 0.3 is 0 Å². The highest BCUT2D eigenvalue weighted by Gasteiger charge is 2.28. The number of fused-ring (bicyclic) bond motifs is 1. The van der Waals surface area contributed by atoms with E-state index in [1.54, 1.807) is 16.2 Å². The average Bonchev–Trinajstić information content (AvgIpc) is 2.88. The number of hydrogen-bond acceptors (Lipinski definition) is 5. The number of nitrogens with zero attached hydrogens (tertiary/aromatic N) is 2. The van der Waals surface area contributed by atoms with E-state index < -0.39 is 0 Å². The average molecular weight is 360 g/mol. The molecule has 2 amide bonds. The summed E-state index contributed by atoms with van der Waals surface area (Å²) in [4.78, 5) is 30.4. The van der Waals surface area contributed by atoms with Crippen LogP contribution in [0.3, 0.4) is 0 Å². The molecule has 0 radical (unpaired) electrons. The quantitative estimate of drug-likeness (QED) is 0.866. The van der Waals surface area contributed by atoms with E-state index in [0.29, 0.717) is 26.1 Å². The van der Waals surface area contributed by atoms with Gasteiger partial charge in [0.2, 0.25) is 11.8 Å². The third-order valence-corrected chi connectivity index (χ3v) is 5.67. The number of thiazole rings is 1. The molecule has 0 saturated carbocycles. The number of likely N-dealkylation sites (tertiary alicyclic amines) is 1. The number of carbonyl (C=O) groups excluding carboxylic acids is 2. The van der Waals surface area contributed by atoms with E-state index in [4.69, 9.17) is 5.73 Å². The highest BCUT2D eigenvalue weighted by molar-refractivity contribution is 7.18. The lowest BCUT2D eigenvalue weighted by Crippen LogP contribution is -2.42. The third kappa shape index (κ3) is 4.55. The molecule has 25 heavy (non-hydrogen) atoms. The number of rotatable bonds is 4. The highest BCUT2D eigenvalue weighted by atomic mass is 32.1. The maximum absolute atomic E-state index is 12.5. The molecule has 0 spiro atoms. The Morgan fingerprint density at radius 2 is 2.12 bits per heavy atom. The summed E-state index contributed by atoms with van der Waals surface area (Å²) in [5, 5.41) is 4.02. The standard InChI is InChI=1S/C18H24N4O2S/c1-12(23)22-10-13(6-7-14(19)11-22)18(24)20-9-8-17-21-15-4-2-3-5-16(15)25-17/h2-5,13-14H,6-11,19H2,1H3,(H,20,24)/t13-,14+/m1/s1. The molecule has 6 nitrogen and oxygen atoms in total. The summed E-state index contributed by atoms with van der Waals surface area (Å²) in [7, 11) is 0. The van der Waals surface area contributed by atoms with Gasteiger partial charge in [0, 0.05) is 39.0 Å². The fraction of sp³-hybridized carbons (Fsp3) is 0.500. The van der Waals surface area contributed by atoms with Gasteiger partial charge in [0.1, 0.15) is 0 Å². The number of amides is 2. The minimum Gasteiger partial charge on any atom is -0.355 e. The van der Waals surface area contributed by atoms with Crippen LogP contribution in [0.25, 0.3) is 10.2 Å². The van der Waals surface area contributed by atoms with Crippen LogP contribution in [0.2, 0.25) is 0 Å². The van der Waals surface area contributed by atoms with Gasteiger partial charge in [0.15, 0.2) is 0 Å². The van der Waals surface area contributed by atoms with E-state index in [1.807, 2.05) is 18.2 Å². The van der Waals surface area contributed by atoms with E-state index >= 15 is 0 Å². The van der Waals surface area contributed by atoms with Gasteiger partial charge in [-0.3, -0.25) is 9.59 Å². The van der Waals surface area contributed by atoms with Crippen LogP contribution < -0.4 is 11.1 Å². The van der Waals surface area contributed by atoms with Gasteiger partial charge in [-0.2, -0.15) is 0 Å². The van der Waals surface area contributed by atoms with Crippen LogP contribution in [0.4, 0.5) is 0 Å². The Bertz CT molecular complexity index is 727. The maximum atomic E-state index is 12.5. The van der Waals surface area contributed by atoms with Crippen molar-refractivity contribution in [3.63, 3.8) is 0 Å². The van der Waals surface area contributed by atoms with Crippen molar-refractivity contribution in [2.24, 2.45) is 11.7 Å². The first-order valence-electron chi connectivity index (χ1n) is 8.66. The lowest BCUT2D eigenvalue weighted by Gasteiger charge is -2.23. The summed E-state index contributed by atoms with van der Waals surface area (Å²) >= 11 is 1.66. The van der Waals surface area contributed by atoms with Crippen LogP contribution >= 0.6 is 11.3 Å². The molecule has 3 rings (SSSR count). The summed E-state index contributed by atoms with van der Waals surface area (Å²) in [6.07, 6.45) is 2.20. The number of nitrogens with one attached hydrogen (secondary N) is 1. The van der Waals surface area contributed by atoms with Crippen molar-refractivity contribution in [2.45, 2.75) is 32.2 Å². The molecular formula is C18H24N4O2S. The molecule has 2 aromatic rings. The van der Waals surface area contributed by atoms with Crippen molar-refractivity contribution in [3.05, 3.63) is 29.3 Å². The number of para-hydroxylation sites is 1. The second kappa shape index (κ2) is 7.93. The topological polar surface area (TPSA) is 88.3 Å². The molecule has 1 aromatic carbocycles. The zero-order valence-corrected chi connectivity index (χ0v) is 15.2. The molecule has 134 valence electrons. The van der Waals surface area contributed by atoms with Crippen molar-refractivity contribution in [1.82, 2.24) is 15.2 Å². The lowest BCUT2D eigenvalue weighted by atomic mass is 10.0. The van der Waals surface area contributed by atoms with Gasteiger partial charge in [-0.15, -0.1) is 11.3 Å². The molecule has 2 heterocycles. The molecule has 1 aromatic heterocycles. The fourth-order valence-corrected chi connectivity index (χ4v) is 4.12. The van der Waals surface area contributed by atoms with E-state index in [1.165, 1.54) is 11.6 Å². The van der Waals surface area contributed by atoms with Crippen LogP contribution in [0.5, 0.6) is 0 Å². The smallest absolute Gasteiger partial charge is 0.224 e. The monoisotopic (exact) mass is 360 g/mol. The first-order chi connectivity index (χ1) is 12.0. The van der Waals surface area contributed by atoms with Gasteiger partial charge in [-0.1, -0.05) is 12.1 Å². The second-order valence-corrected chi connectivity index (χ2v) is 7.69. The predicted octanol–water partition coefficient (Wildman–Crippen LogP) is 1.54. The van der Waals surface area contributed by atoms with Crippen molar-refractivity contribution >= 4 is 33.4 Å². The molecule has 0 aliphatic carbocycles. The third-order valence-electron chi connectivity index (χ3n) is 4.57. The Balaban J connectivity index is 1.53. The summed E-state index contributed by atoms with van der Waals surface area (Å²) in [6.45, 7) is 3.07. The maximum Gasteiger partial charge on any atom is 0.224 e. The minimum absolute atomic E-state index is 0.00135. The first kappa shape index (κ1) is 17.8. The Hall–Kier alpha value is -1.99. The normalized spacial score (nSPS) is 21.1. The Kier molecular flexibility index (Phi) is 5.65. The molecule has 0 bridgehead atoms. The first-order valence-corrected chi connectivity index (χ1v) is 9.48. The van der Waals surface area contributed by atoms with Crippen molar-refractivity contribution in [3.8, 4) is 0 Å². The molecule has 1 aliphatic rings. The van der Waals surface area contributed by atoms with Crippen molar-refractivity contribution in [1.29, 1.82) is 0 Å². The summed E-state index contributed by atoms with van der Waals surface area (Å²) in [5.41, 5.74) is 7.01. The zero-order chi connectivity index (χ0) is 17.8. The van der Waals surface area contributed by atoms with E-state index in [2.05, 4.69) is 16.4 Å². The van der Waals surface area contributed by atoms with Crippen molar-refractivity contribution < 1.29 is 9.59 Å². The minimum atomic E-state index is -0.187. The van der Waals surface area contributed by atoms with E-state index in [9.17, 15) is 9.59 Å². The summed E-state index contributed by atoms with van der Waals surface area (Å²) in [5.74, 6) is -0.209. The zero-order valence-electron chi connectivity index (χ0n) is 14.4. The van der Waals surface area contributed by atoms with Crippen molar-refractivity contribution in [2.75, 3.05) is 19.6 Å². The molecule has 1 saturated heterocycles. The van der Waals surface area contributed by atoms with Crippen LogP contribution in [-0.2, 0) is 16.0 Å². The Labute approximate surface area is 151 Å². The lowest BCUT2D eigenvalue weighted by molar-refractivity contribution is -0.131. The van der Waals surface area contributed by atoms with Crippen LogP contribution in [0, 0.1) is 5.92 Å². The van der Waals surface area contributed by atoms with E-state index in [-0.39, 0.29) is 23.8 Å². The molecule has 2 atom stereocenters. The molecular weight excluding hydrogens is 336 g/mol. The Morgan fingerprint density at radius 3 is 2.88 bits per heavy atom. The number of nitrogens with two attached hydrogens (primary N) is 1. The number of carbonyl (C=O) groups is 2. The molecule has 0 unspecified atom stereocenters. The largest absolute Gasteiger partial charge is 0.355 e. The Morgan fingerprint density at radius 1 is 1.32 bits per heavy atom. The SMILES string of the molecule is CC(=O)N1C[C@@H](N)CC[C@@H](C(=O)NCCc2nc3ccccc3s2)C1. The van der Waals surface area contributed by atoms with Gasteiger partial charge in [-0.25, -0.2) is 4.98 Å². The van der Waals surface area contributed by atoms with Gasteiger partial charge in [-0.05, 0) is 25.0 Å². The van der Waals surface area contributed by atoms with Gasteiger partial charge in [0.25, 0.3) is 0 Å². The number of aromatic nitrogens is 1. The highest BCUT2D eigenvalue weighted by Crippen LogP contribution is 2.21. The van der Waals surface area contributed by atoms with Crippen LogP contribution in [0.1, 0.15) is 24.8 Å². The second-order valence-electron chi connectivity index (χ2n) is 6.57. The fourth-order valence-electron chi connectivity index (χ4n) is 3.16.